The summed E-state index contributed by atoms with van der Waals surface area (Å²) in [4.78, 5) is 8.48. The van der Waals surface area contributed by atoms with Crippen molar-refractivity contribution in [1.29, 1.82) is 0 Å². The molecule has 4 aromatic rings. The van der Waals surface area contributed by atoms with Crippen molar-refractivity contribution in [3.63, 3.8) is 0 Å². The molecule has 0 bridgehead atoms. The number of hydrogen-bond acceptors (Lipinski definition) is 6. The number of benzene rings is 1. The van der Waals surface area contributed by atoms with E-state index in [4.69, 9.17) is 4.74 Å². The molecule has 174 valence electrons. The third-order valence-corrected chi connectivity index (χ3v) is 6.89. The van der Waals surface area contributed by atoms with Gasteiger partial charge in [0.2, 0.25) is 5.88 Å². The first-order valence-corrected chi connectivity index (χ1v) is 15.2. The minimum Gasteiger partial charge on any atom is -0.480 e. The largest absolute Gasteiger partial charge is 0.480 e. The first kappa shape index (κ1) is 23.4. The van der Waals surface area contributed by atoms with E-state index < -0.39 is 23.9 Å². The Morgan fingerprint density at radius 1 is 1.06 bits per heavy atom. The highest BCUT2D eigenvalue weighted by Crippen LogP contribution is 2.29. The molecule has 34 heavy (non-hydrogen) atoms. The smallest absolute Gasteiger partial charge is 0.262 e. The van der Waals surface area contributed by atoms with Gasteiger partial charge in [0.25, 0.3) is 10.0 Å². The highest BCUT2D eigenvalue weighted by molar-refractivity contribution is 7.92. The van der Waals surface area contributed by atoms with Gasteiger partial charge in [-0.2, -0.15) is 5.10 Å². The van der Waals surface area contributed by atoms with E-state index in [1.807, 2.05) is 0 Å². The number of nitrogens with zero attached hydrogens (tertiary/aromatic N) is 4. The van der Waals surface area contributed by atoms with Crippen molar-refractivity contribution in [3.05, 3.63) is 66.4 Å². The van der Waals surface area contributed by atoms with Crippen LogP contribution in [-0.2, 0) is 10.0 Å². The molecule has 1 aromatic carbocycles. The molecule has 0 aliphatic heterocycles. The molecule has 4 rings (SSSR count). The maximum Gasteiger partial charge on any atom is 0.262 e. The minimum atomic E-state index is -4.00. The molecule has 0 aliphatic carbocycles. The van der Waals surface area contributed by atoms with Crippen LogP contribution >= 0.6 is 0 Å². The van der Waals surface area contributed by atoms with E-state index in [-0.39, 0.29) is 16.5 Å². The summed E-state index contributed by atoms with van der Waals surface area (Å²) in [7, 11) is -4.21. The van der Waals surface area contributed by atoms with Crippen LogP contribution in [0.5, 0.6) is 5.88 Å². The number of ether oxygens (including phenoxy) is 1. The molecule has 3 heterocycles. The zero-order valence-electron chi connectivity index (χ0n) is 19.0. The molecule has 0 aliphatic rings. The Labute approximate surface area is 197 Å². The normalized spacial score (nSPS) is 11.7. The maximum atomic E-state index is 13.2. The van der Waals surface area contributed by atoms with Crippen LogP contribution in [0.2, 0.25) is 19.6 Å². The van der Waals surface area contributed by atoms with Crippen molar-refractivity contribution in [1.82, 2.24) is 19.6 Å². The zero-order chi connectivity index (χ0) is 24.5. The monoisotopic (exact) mass is 495 g/mol. The van der Waals surface area contributed by atoms with Gasteiger partial charge in [-0.3, -0.25) is 4.72 Å². The van der Waals surface area contributed by atoms with Gasteiger partial charge in [-0.15, -0.1) is 5.54 Å². The van der Waals surface area contributed by atoms with E-state index >= 15 is 0 Å². The first-order chi connectivity index (χ1) is 16.1. The van der Waals surface area contributed by atoms with Gasteiger partial charge in [-0.1, -0.05) is 25.6 Å². The van der Waals surface area contributed by atoms with Crippen LogP contribution in [0.25, 0.3) is 16.9 Å². The maximum absolute atomic E-state index is 13.2. The number of aromatic nitrogens is 4. The average molecular weight is 496 g/mol. The molecule has 0 saturated carbocycles. The van der Waals surface area contributed by atoms with Crippen molar-refractivity contribution in [2.24, 2.45) is 0 Å². The second-order valence-corrected chi connectivity index (χ2v) is 14.9. The summed E-state index contributed by atoms with van der Waals surface area (Å²) in [6, 6.07) is 9.65. The van der Waals surface area contributed by atoms with Crippen LogP contribution in [0.3, 0.4) is 0 Å². The highest BCUT2D eigenvalue weighted by atomic mass is 32.2. The number of sulfonamides is 1. The Morgan fingerprint density at radius 2 is 1.79 bits per heavy atom. The number of pyridine rings is 1. The summed E-state index contributed by atoms with van der Waals surface area (Å²) in [5.74, 6) is 2.72. The molecule has 8 nitrogen and oxygen atoms in total. The summed E-state index contributed by atoms with van der Waals surface area (Å²) in [5, 5.41) is 4.63. The minimum absolute atomic E-state index is 0.0832. The summed E-state index contributed by atoms with van der Waals surface area (Å²) in [6.45, 7) is 6.46. The fraction of sp³-hybridized carbons (Fsp3) is 0.174. The topological polar surface area (TPSA) is 98.5 Å². The van der Waals surface area contributed by atoms with Crippen molar-refractivity contribution in [3.8, 4) is 28.6 Å². The predicted octanol–water partition coefficient (Wildman–Crippen LogP) is 3.97. The Kier molecular flexibility index (Phi) is 6.12. The van der Waals surface area contributed by atoms with Crippen LogP contribution in [0.4, 0.5) is 10.1 Å². The quantitative estimate of drug-likeness (QED) is 0.332. The molecular formula is C23H22FN5O3SSi. The SMILES string of the molecule is COc1ncc(-c2ccc3ncc(C#C[Si](C)(C)C)n3n2)cc1NS(=O)(=O)c1ccc(F)cc1. The van der Waals surface area contributed by atoms with Crippen molar-refractivity contribution in [2.75, 3.05) is 11.8 Å². The lowest BCUT2D eigenvalue weighted by Gasteiger charge is -2.12. The molecule has 0 unspecified atom stereocenters. The average Bonchev–Trinajstić information content (AvgIpc) is 3.19. The summed E-state index contributed by atoms with van der Waals surface area (Å²) >= 11 is 0. The predicted molar refractivity (Wildman–Crippen MR) is 130 cm³/mol. The molecule has 0 atom stereocenters. The lowest BCUT2D eigenvalue weighted by molar-refractivity contribution is 0.400. The van der Waals surface area contributed by atoms with Crippen LogP contribution in [0.15, 0.2) is 59.8 Å². The van der Waals surface area contributed by atoms with E-state index in [1.54, 1.807) is 28.9 Å². The first-order valence-electron chi connectivity index (χ1n) is 10.3. The number of rotatable bonds is 5. The second-order valence-electron chi connectivity index (χ2n) is 8.47. The molecular weight excluding hydrogens is 473 g/mol. The summed E-state index contributed by atoms with van der Waals surface area (Å²) < 4.78 is 48.2. The molecule has 0 saturated heterocycles. The second kappa shape index (κ2) is 8.89. The van der Waals surface area contributed by atoms with Crippen molar-refractivity contribution < 1.29 is 17.5 Å². The lowest BCUT2D eigenvalue weighted by Crippen LogP contribution is -2.16. The fourth-order valence-corrected chi connectivity index (χ4v) is 4.56. The highest BCUT2D eigenvalue weighted by Gasteiger charge is 2.19. The van der Waals surface area contributed by atoms with E-state index in [0.717, 1.165) is 12.1 Å². The standard InChI is InChI=1S/C23H22FN5O3SSi/c1-32-23-21(28-33(30,31)19-7-5-17(24)6-8-19)13-16(14-26-23)20-9-10-22-25-15-18(29(22)27-20)11-12-34(2,3)4/h5-10,13-15,28H,1-4H3. The summed E-state index contributed by atoms with van der Waals surface area (Å²) in [6.07, 6.45) is 3.21. The van der Waals surface area contributed by atoms with Gasteiger partial charge in [0.15, 0.2) is 5.65 Å². The number of anilines is 1. The number of methoxy groups -OCH3 is 1. The number of imidazole rings is 1. The molecule has 0 amide bonds. The van der Waals surface area contributed by atoms with Crippen LogP contribution in [0, 0.1) is 17.3 Å². The van der Waals surface area contributed by atoms with Gasteiger partial charge in [0, 0.05) is 11.8 Å². The van der Waals surface area contributed by atoms with E-state index in [2.05, 4.69) is 50.9 Å². The van der Waals surface area contributed by atoms with Crippen LogP contribution in [-0.4, -0.2) is 43.2 Å². The molecule has 3 aromatic heterocycles. The molecule has 0 fully saturated rings. The Balaban J connectivity index is 1.74. The number of halogens is 1. The van der Waals surface area contributed by atoms with Crippen LogP contribution < -0.4 is 9.46 Å². The van der Waals surface area contributed by atoms with Crippen LogP contribution in [0.1, 0.15) is 5.69 Å². The van der Waals surface area contributed by atoms with Gasteiger partial charge in [0.05, 0.1) is 23.9 Å². The number of nitrogens with one attached hydrogen (secondary N) is 1. The van der Waals surface area contributed by atoms with Crippen molar-refractivity contribution >= 4 is 29.4 Å². The molecule has 0 spiro atoms. The third kappa shape index (κ3) is 5.08. The number of hydrogen-bond donors (Lipinski definition) is 1. The van der Waals surface area contributed by atoms with Gasteiger partial charge < -0.3 is 4.74 Å². The summed E-state index contributed by atoms with van der Waals surface area (Å²) in [5.41, 5.74) is 5.82. The van der Waals surface area contributed by atoms with E-state index in [9.17, 15) is 12.8 Å². The Bertz CT molecular complexity index is 1540. The van der Waals surface area contributed by atoms with Gasteiger partial charge >= 0.3 is 0 Å². The van der Waals surface area contributed by atoms with Gasteiger partial charge in [0.1, 0.15) is 25.3 Å². The fourth-order valence-electron chi connectivity index (χ4n) is 3.01. The molecule has 11 heteroatoms. The Morgan fingerprint density at radius 3 is 2.47 bits per heavy atom. The Hall–Kier alpha value is -3.75. The zero-order valence-corrected chi connectivity index (χ0v) is 20.8. The third-order valence-electron chi connectivity index (χ3n) is 4.64. The van der Waals surface area contributed by atoms with Gasteiger partial charge in [-0.25, -0.2) is 27.3 Å². The number of fused-ring (bicyclic) bond motifs is 1. The van der Waals surface area contributed by atoms with E-state index in [1.165, 1.54) is 25.4 Å². The lowest BCUT2D eigenvalue weighted by atomic mass is 10.2. The molecule has 1 N–H and O–H groups in total. The molecule has 0 radical (unpaired) electrons. The van der Waals surface area contributed by atoms with Crippen molar-refractivity contribution in [2.45, 2.75) is 24.5 Å². The van der Waals surface area contributed by atoms with E-state index in [0.29, 0.717) is 22.6 Å². The van der Waals surface area contributed by atoms with Gasteiger partial charge in [-0.05, 0) is 42.5 Å².